The summed E-state index contributed by atoms with van der Waals surface area (Å²) < 4.78 is 39.6. The Bertz CT molecular complexity index is 268. The number of ether oxygens (including phenoxy) is 1. The van der Waals surface area contributed by atoms with Crippen molar-refractivity contribution < 1.29 is 22.7 Å². The fourth-order valence-corrected chi connectivity index (χ4v) is 2.13. The second kappa shape index (κ2) is 5.60. The van der Waals surface area contributed by atoms with E-state index in [1.165, 1.54) is 0 Å². The third-order valence-electron chi connectivity index (χ3n) is 3.38. The monoisotopic (exact) mass is 253 g/mol. The second-order valence-electron chi connectivity index (χ2n) is 4.71. The summed E-state index contributed by atoms with van der Waals surface area (Å²) in [5.74, 6) is 0.735. The molecule has 1 aliphatic carbocycles. The van der Waals surface area contributed by atoms with Gasteiger partial charge in [0.05, 0.1) is 0 Å². The number of hydrogen-bond acceptors (Lipinski definition) is 2. The third kappa shape index (κ3) is 4.83. The molecule has 3 atom stereocenters. The SMILES string of the molecule is CC1CCCC(NC(=O)OCC(F)(F)F)C1C. The van der Waals surface area contributed by atoms with Crippen molar-refractivity contribution in [3.05, 3.63) is 0 Å². The van der Waals surface area contributed by atoms with Gasteiger partial charge >= 0.3 is 12.3 Å². The zero-order valence-electron chi connectivity index (χ0n) is 10.0. The number of carbonyl (C=O) groups is 1. The van der Waals surface area contributed by atoms with Crippen molar-refractivity contribution in [2.75, 3.05) is 6.61 Å². The van der Waals surface area contributed by atoms with E-state index in [0.29, 0.717) is 5.92 Å². The van der Waals surface area contributed by atoms with Gasteiger partial charge in [0.15, 0.2) is 6.61 Å². The number of alkyl carbamates (subject to hydrolysis) is 1. The maximum Gasteiger partial charge on any atom is 0.422 e. The Morgan fingerprint density at radius 2 is 2.00 bits per heavy atom. The molecule has 6 heteroatoms. The molecule has 17 heavy (non-hydrogen) atoms. The number of amides is 1. The number of nitrogens with one attached hydrogen (secondary N) is 1. The van der Waals surface area contributed by atoms with E-state index < -0.39 is 18.9 Å². The minimum Gasteiger partial charge on any atom is -0.440 e. The number of hydrogen-bond donors (Lipinski definition) is 1. The standard InChI is InChI=1S/C11H18F3NO2/c1-7-4-3-5-9(8(7)2)15-10(16)17-6-11(12,13)14/h7-9H,3-6H2,1-2H3,(H,15,16). The van der Waals surface area contributed by atoms with Crippen molar-refractivity contribution in [3.63, 3.8) is 0 Å². The molecule has 0 aliphatic heterocycles. The van der Waals surface area contributed by atoms with E-state index in [4.69, 9.17) is 0 Å². The molecule has 0 aromatic carbocycles. The van der Waals surface area contributed by atoms with Gasteiger partial charge in [0.2, 0.25) is 0 Å². The maximum absolute atomic E-state index is 11.8. The van der Waals surface area contributed by atoms with Crippen LogP contribution in [0, 0.1) is 11.8 Å². The number of rotatable bonds is 2. The van der Waals surface area contributed by atoms with Crippen molar-refractivity contribution in [1.29, 1.82) is 0 Å². The van der Waals surface area contributed by atoms with Crippen LogP contribution < -0.4 is 5.32 Å². The summed E-state index contributed by atoms with van der Waals surface area (Å²) in [6.45, 7) is 2.55. The molecule has 3 nitrogen and oxygen atoms in total. The van der Waals surface area contributed by atoms with Crippen LogP contribution in [0.4, 0.5) is 18.0 Å². The zero-order valence-corrected chi connectivity index (χ0v) is 10.0. The Kier molecular flexibility index (Phi) is 4.65. The van der Waals surface area contributed by atoms with E-state index in [2.05, 4.69) is 17.0 Å². The van der Waals surface area contributed by atoms with Crippen LogP contribution >= 0.6 is 0 Å². The van der Waals surface area contributed by atoms with Crippen molar-refractivity contribution in [2.24, 2.45) is 11.8 Å². The molecule has 0 aromatic rings. The molecule has 1 rings (SSSR count). The summed E-state index contributed by atoms with van der Waals surface area (Å²) in [6.07, 6.45) is -2.57. The third-order valence-corrected chi connectivity index (χ3v) is 3.38. The minimum atomic E-state index is -4.47. The Labute approximate surface area is 98.7 Å². The lowest BCUT2D eigenvalue weighted by molar-refractivity contribution is -0.160. The first-order valence-corrected chi connectivity index (χ1v) is 5.79. The average Bonchev–Trinajstić information content (AvgIpc) is 2.21. The maximum atomic E-state index is 11.8. The highest BCUT2D eigenvalue weighted by molar-refractivity contribution is 5.67. The van der Waals surface area contributed by atoms with Gasteiger partial charge in [-0.1, -0.05) is 26.7 Å². The lowest BCUT2D eigenvalue weighted by Crippen LogP contribution is -2.44. The quantitative estimate of drug-likeness (QED) is 0.821. The van der Waals surface area contributed by atoms with Crippen LogP contribution in [0.2, 0.25) is 0 Å². The van der Waals surface area contributed by atoms with Crippen LogP contribution in [0.5, 0.6) is 0 Å². The number of alkyl halides is 3. The lowest BCUT2D eigenvalue weighted by Gasteiger charge is -2.34. The lowest BCUT2D eigenvalue weighted by atomic mass is 9.78. The molecule has 100 valence electrons. The molecule has 0 saturated heterocycles. The van der Waals surface area contributed by atoms with Gasteiger partial charge in [0.25, 0.3) is 0 Å². The van der Waals surface area contributed by atoms with Crippen molar-refractivity contribution in [1.82, 2.24) is 5.32 Å². The Morgan fingerprint density at radius 3 is 2.59 bits per heavy atom. The molecule has 1 N–H and O–H groups in total. The van der Waals surface area contributed by atoms with E-state index >= 15 is 0 Å². The van der Waals surface area contributed by atoms with E-state index in [-0.39, 0.29) is 12.0 Å². The second-order valence-corrected chi connectivity index (χ2v) is 4.71. The molecular formula is C11H18F3NO2. The first-order valence-electron chi connectivity index (χ1n) is 5.79. The van der Waals surface area contributed by atoms with Crippen molar-refractivity contribution in [3.8, 4) is 0 Å². The Hall–Kier alpha value is -0.940. The molecule has 0 bridgehead atoms. The summed E-state index contributed by atoms with van der Waals surface area (Å²) in [7, 11) is 0. The van der Waals surface area contributed by atoms with Crippen LogP contribution in [0.3, 0.4) is 0 Å². The highest BCUT2D eigenvalue weighted by Gasteiger charge is 2.32. The zero-order chi connectivity index (χ0) is 13.1. The van der Waals surface area contributed by atoms with Gasteiger partial charge < -0.3 is 10.1 Å². The van der Waals surface area contributed by atoms with Crippen LogP contribution in [0.15, 0.2) is 0 Å². The highest BCUT2D eigenvalue weighted by atomic mass is 19.4. The van der Waals surface area contributed by atoms with E-state index in [0.717, 1.165) is 19.3 Å². The van der Waals surface area contributed by atoms with Crippen LogP contribution in [-0.4, -0.2) is 24.9 Å². The van der Waals surface area contributed by atoms with E-state index in [9.17, 15) is 18.0 Å². The molecule has 1 amide bonds. The first kappa shape index (κ1) is 14.1. The minimum absolute atomic E-state index is 0.0838. The fraction of sp³-hybridized carbons (Fsp3) is 0.909. The number of halogens is 3. The summed E-state index contributed by atoms with van der Waals surface area (Å²) in [5.41, 5.74) is 0. The van der Waals surface area contributed by atoms with Gasteiger partial charge in [-0.3, -0.25) is 0 Å². The summed E-state index contributed by atoms with van der Waals surface area (Å²) in [6, 6.07) is -0.0838. The van der Waals surface area contributed by atoms with Crippen LogP contribution in [-0.2, 0) is 4.74 Å². The van der Waals surface area contributed by atoms with Gasteiger partial charge in [0.1, 0.15) is 0 Å². The molecule has 0 heterocycles. The van der Waals surface area contributed by atoms with Gasteiger partial charge in [0, 0.05) is 6.04 Å². The van der Waals surface area contributed by atoms with Crippen molar-refractivity contribution >= 4 is 6.09 Å². The topological polar surface area (TPSA) is 38.3 Å². The predicted octanol–water partition coefficient (Wildman–Crippen LogP) is 3.10. The molecule has 0 aromatic heterocycles. The molecule has 1 saturated carbocycles. The van der Waals surface area contributed by atoms with E-state index in [1.807, 2.05) is 6.92 Å². The predicted molar refractivity (Wildman–Crippen MR) is 56.5 cm³/mol. The summed E-state index contributed by atoms with van der Waals surface area (Å²) >= 11 is 0. The molecular weight excluding hydrogens is 235 g/mol. The first-order chi connectivity index (χ1) is 7.79. The van der Waals surface area contributed by atoms with Gasteiger partial charge in [-0.2, -0.15) is 13.2 Å². The Morgan fingerprint density at radius 1 is 1.35 bits per heavy atom. The molecule has 0 spiro atoms. The van der Waals surface area contributed by atoms with Gasteiger partial charge in [-0.05, 0) is 18.3 Å². The van der Waals surface area contributed by atoms with E-state index in [1.54, 1.807) is 0 Å². The van der Waals surface area contributed by atoms with Crippen LogP contribution in [0.25, 0.3) is 0 Å². The molecule has 1 aliphatic rings. The largest absolute Gasteiger partial charge is 0.440 e. The Balaban J connectivity index is 2.35. The average molecular weight is 253 g/mol. The summed E-state index contributed by atoms with van der Waals surface area (Å²) in [4.78, 5) is 11.2. The molecule has 0 radical (unpaired) electrons. The smallest absolute Gasteiger partial charge is 0.422 e. The van der Waals surface area contributed by atoms with Gasteiger partial charge in [-0.25, -0.2) is 4.79 Å². The summed E-state index contributed by atoms with van der Waals surface area (Å²) in [5, 5.41) is 2.51. The normalized spacial score (nSPS) is 29.8. The highest BCUT2D eigenvalue weighted by Crippen LogP contribution is 2.29. The van der Waals surface area contributed by atoms with Crippen LogP contribution in [0.1, 0.15) is 33.1 Å². The van der Waals surface area contributed by atoms with Crippen molar-refractivity contribution in [2.45, 2.75) is 45.3 Å². The molecule has 3 unspecified atom stereocenters. The van der Waals surface area contributed by atoms with Gasteiger partial charge in [-0.15, -0.1) is 0 Å². The fourth-order valence-electron chi connectivity index (χ4n) is 2.13. The molecule has 1 fully saturated rings. The number of carbonyl (C=O) groups excluding carboxylic acids is 1.